The van der Waals surface area contributed by atoms with Crippen LogP contribution in [0.2, 0.25) is 0 Å². The number of methoxy groups -OCH3 is 2. The van der Waals surface area contributed by atoms with Gasteiger partial charge in [0.1, 0.15) is 16.8 Å². The Morgan fingerprint density at radius 3 is 1.93 bits per heavy atom. The lowest BCUT2D eigenvalue weighted by molar-refractivity contribution is -0.319. The second kappa shape index (κ2) is 8.34. The second-order valence-electron chi connectivity index (χ2n) is 7.69. The molecule has 1 aliphatic heterocycles. The van der Waals surface area contributed by atoms with Gasteiger partial charge in [0.25, 0.3) is 0 Å². The van der Waals surface area contributed by atoms with Crippen molar-refractivity contribution in [2.45, 2.75) is 50.1 Å². The molecule has 28 heavy (non-hydrogen) atoms. The van der Waals surface area contributed by atoms with Crippen LogP contribution in [0, 0.1) is 0 Å². The molecule has 0 bridgehead atoms. The summed E-state index contributed by atoms with van der Waals surface area (Å²) >= 11 is 0. The van der Waals surface area contributed by atoms with Crippen molar-refractivity contribution in [3.63, 3.8) is 0 Å². The highest BCUT2D eigenvalue weighted by molar-refractivity contribution is 5.30. The first-order chi connectivity index (χ1) is 13.5. The van der Waals surface area contributed by atoms with Crippen LogP contribution in [0.3, 0.4) is 0 Å². The van der Waals surface area contributed by atoms with Gasteiger partial charge in [-0.25, -0.2) is 0 Å². The lowest BCUT2D eigenvalue weighted by Crippen LogP contribution is -2.63. The van der Waals surface area contributed by atoms with E-state index in [4.69, 9.17) is 18.9 Å². The SMILES string of the molecule is CCC(C)(OC)C1(c2ccccc2)COC(c2ccccc2)(C(C)OC)CO1. The van der Waals surface area contributed by atoms with Gasteiger partial charge in [0, 0.05) is 14.2 Å². The van der Waals surface area contributed by atoms with Crippen LogP contribution < -0.4 is 0 Å². The summed E-state index contributed by atoms with van der Waals surface area (Å²) in [5.74, 6) is 0. The minimum absolute atomic E-state index is 0.167. The largest absolute Gasteiger partial charge is 0.378 e. The van der Waals surface area contributed by atoms with E-state index in [2.05, 4.69) is 38.1 Å². The first kappa shape index (κ1) is 21.0. The molecule has 0 aromatic heterocycles. The summed E-state index contributed by atoms with van der Waals surface area (Å²) in [6.45, 7) is 6.99. The molecule has 0 radical (unpaired) electrons. The molecule has 2 aromatic carbocycles. The lowest BCUT2D eigenvalue weighted by atomic mass is 9.75. The summed E-state index contributed by atoms with van der Waals surface area (Å²) < 4.78 is 25.2. The van der Waals surface area contributed by atoms with E-state index in [0.717, 1.165) is 17.5 Å². The maximum absolute atomic E-state index is 6.76. The van der Waals surface area contributed by atoms with Crippen molar-refractivity contribution in [3.8, 4) is 0 Å². The van der Waals surface area contributed by atoms with Crippen molar-refractivity contribution >= 4 is 0 Å². The summed E-state index contributed by atoms with van der Waals surface area (Å²) in [6.07, 6.45) is 0.624. The van der Waals surface area contributed by atoms with Crippen LogP contribution in [-0.4, -0.2) is 39.1 Å². The molecular weight excluding hydrogens is 352 g/mol. The molecule has 0 saturated carbocycles. The fourth-order valence-electron chi connectivity index (χ4n) is 4.17. The standard InChI is InChI=1S/C24H32O4/c1-6-22(3,26-5)24(21-15-11-8-12-16-21)18-27-23(17-28-24,19(2)25-4)20-13-9-7-10-14-20/h7-16,19H,6,17-18H2,1-5H3. The second-order valence-corrected chi connectivity index (χ2v) is 7.69. The van der Waals surface area contributed by atoms with Gasteiger partial charge in [-0.3, -0.25) is 0 Å². The zero-order chi connectivity index (χ0) is 20.3. The molecule has 4 atom stereocenters. The molecule has 152 valence electrons. The normalized spacial score (nSPS) is 28.5. The molecular formula is C24H32O4. The number of rotatable bonds is 7. The molecule has 4 unspecified atom stereocenters. The third kappa shape index (κ3) is 3.29. The van der Waals surface area contributed by atoms with E-state index in [1.807, 2.05) is 43.3 Å². The maximum atomic E-state index is 6.76. The monoisotopic (exact) mass is 384 g/mol. The Hall–Kier alpha value is -1.72. The molecule has 1 saturated heterocycles. The van der Waals surface area contributed by atoms with E-state index < -0.39 is 16.8 Å². The van der Waals surface area contributed by atoms with Crippen molar-refractivity contribution < 1.29 is 18.9 Å². The number of ether oxygens (including phenoxy) is 4. The number of hydrogen-bond donors (Lipinski definition) is 0. The Balaban J connectivity index is 2.05. The highest BCUT2D eigenvalue weighted by Gasteiger charge is 2.57. The molecule has 1 fully saturated rings. The highest BCUT2D eigenvalue weighted by atomic mass is 16.6. The topological polar surface area (TPSA) is 36.9 Å². The van der Waals surface area contributed by atoms with Crippen LogP contribution in [0.15, 0.2) is 60.7 Å². The van der Waals surface area contributed by atoms with E-state index in [1.165, 1.54) is 0 Å². The molecule has 2 aromatic rings. The van der Waals surface area contributed by atoms with Gasteiger partial charge in [0.15, 0.2) is 0 Å². The van der Waals surface area contributed by atoms with Crippen LogP contribution >= 0.6 is 0 Å². The van der Waals surface area contributed by atoms with Gasteiger partial charge in [-0.05, 0) is 31.4 Å². The fraction of sp³-hybridized carbons (Fsp3) is 0.500. The van der Waals surface area contributed by atoms with Crippen molar-refractivity contribution in [2.75, 3.05) is 27.4 Å². The Kier molecular flexibility index (Phi) is 6.25. The van der Waals surface area contributed by atoms with Crippen molar-refractivity contribution in [2.24, 2.45) is 0 Å². The first-order valence-corrected chi connectivity index (χ1v) is 9.95. The average molecular weight is 385 g/mol. The Morgan fingerprint density at radius 1 is 0.929 bits per heavy atom. The Bertz CT molecular complexity index is 732. The molecule has 0 amide bonds. The number of benzene rings is 2. The van der Waals surface area contributed by atoms with Crippen LogP contribution in [0.5, 0.6) is 0 Å². The zero-order valence-electron chi connectivity index (χ0n) is 17.6. The molecule has 0 spiro atoms. The summed E-state index contributed by atoms with van der Waals surface area (Å²) in [7, 11) is 3.46. The fourth-order valence-corrected chi connectivity index (χ4v) is 4.17. The molecule has 4 heteroatoms. The molecule has 1 heterocycles. The van der Waals surface area contributed by atoms with Gasteiger partial charge in [0.2, 0.25) is 0 Å². The highest BCUT2D eigenvalue weighted by Crippen LogP contribution is 2.48. The van der Waals surface area contributed by atoms with Crippen LogP contribution in [0.4, 0.5) is 0 Å². The predicted molar refractivity (Wildman–Crippen MR) is 110 cm³/mol. The van der Waals surface area contributed by atoms with Gasteiger partial charge in [0.05, 0.1) is 19.3 Å². The van der Waals surface area contributed by atoms with Gasteiger partial charge in [-0.1, -0.05) is 67.6 Å². The van der Waals surface area contributed by atoms with E-state index in [1.54, 1.807) is 14.2 Å². The minimum Gasteiger partial charge on any atom is -0.378 e. The Morgan fingerprint density at radius 2 is 1.50 bits per heavy atom. The predicted octanol–water partition coefficient (Wildman–Crippen LogP) is 4.67. The molecule has 0 aliphatic carbocycles. The first-order valence-electron chi connectivity index (χ1n) is 9.95. The van der Waals surface area contributed by atoms with E-state index >= 15 is 0 Å². The van der Waals surface area contributed by atoms with Crippen molar-refractivity contribution in [1.29, 1.82) is 0 Å². The summed E-state index contributed by atoms with van der Waals surface area (Å²) in [4.78, 5) is 0. The van der Waals surface area contributed by atoms with E-state index in [9.17, 15) is 0 Å². The number of hydrogen-bond acceptors (Lipinski definition) is 4. The lowest BCUT2D eigenvalue weighted by Gasteiger charge is -2.54. The van der Waals surface area contributed by atoms with Crippen molar-refractivity contribution in [3.05, 3.63) is 71.8 Å². The average Bonchev–Trinajstić information content (AvgIpc) is 2.79. The van der Waals surface area contributed by atoms with E-state index in [0.29, 0.717) is 13.2 Å². The van der Waals surface area contributed by atoms with Gasteiger partial charge in [-0.15, -0.1) is 0 Å². The quantitative estimate of drug-likeness (QED) is 0.695. The van der Waals surface area contributed by atoms with E-state index in [-0.39, 0.29) is 6.10 Å². The van der Waals surface area contributed by atoms with Gasteiger partial charge < -0.3 is 18.9 Å². The summed E-state index contributed by atoms with van der Waals surface area (Å²) in [5.41, 5.74) is 0.211. The van der Waals surface area contributed by atoms with Gasteiger partial charge in [-0.2, -0.15) is 0 Å². The minimum atomic E-state index is -0.705. The smallest absolute Gasteiger partial charge is 0.145 e. The van der Waals surface area contributed by atoms with Crippen molar-refractivity contribution in [1.82, 2.24) is 0 Å². The van der Waals surface area contributed by atoms with Crippen LogP contribution in [0.25, 0.3) is 0 Å². The molecule has 3 rings (SSSR count). The van der Waals surface area contributed by atoms with Gasteiger partial charge >= 0.3 is 0 Å². The maximum Gasteiger partial charge on any atom is 0.145 e. The Labute approximate surface area is 168 Å². The molecule has 1 aliphatic rings. The third-order valence-corrected chi connectivity index (χ3v) is 6.56. The molecule has 0 N–H and O–H groups in total. The van der Waals surface area contributed by atoms with Crippen LogP contribution in [0.1, 0.15) is 38.3 Å². The zero-order valence-corrected chi connectivity index (χ0v) is 17.6. The summed E-state index contributed by atoms with van der Waals surface area (Å²) in [5, 5.41) is 0. The van der Waals surface area contributed by atoms with Crippen LogP contribution in [-0.2, 0) is 30.1 Å². The summed E-state index contributed by atoms with van der Waals surface area (Å²) in [6, 6.07) is 20.4. The third-order valence-electron chi connectivity index (χ3n) is 6.56. The molecule has 4 nitrogen and oxygen atoms in total.